The summed E-state index contributed by atoms with van der Waals surface area (Å²) in [5, 5.41) is 4.88. The number of nitrogens with one attached hydrogen (secondary N) is 1. The topological polar surface area (TPSA) is 36.9 Å². The second-order valence-corrected chi connectivity index (χ2v) is 7.11. The first kappa shape index (κ1) is 14.7. The molecular formula is C15H27N3OS. The minimum Gasteiger partial charge on any atom is -0.379 e. The van der Waals surface area contributed by atoms with Gasteiger partial charge in [-0.15, -0.1) is 0 Å². The van der Waals surface area contributed by atoms with Gasteiger partial charge < -0.3 is 10.1 Å². The smallest absolute Gasteiger partial charge is 0.156 e. The van der Waals surface area contributed by atoms with E-state index in [-0.39, 0.29) is 0 Å². The molecule has 0 amide bonds. The molecule has 2 atom stereocenters. The standard InChI is InChI=1S/C15H27N3OS/c1-2-5-14-13(4-1)12-20-15(17-14)16-6-3-7-18-8-10-19-11-9-18/h13-14H,1-12H2,(H,16,17). The molecule has 0 aromatic heterocycles. The van der Waals surface area contributed by atoms with Gasteiger partial charge in [0.15, 0.2) is 5.17 Å². The minimum atomic E-state index is 0.711. The summed E-state index contributed by atoms with van der Waals surface area (Å²) in [5.41, 5.74) is 0. The van der Waals surface area contributed by atoms with Crippen molar-refractivity contribution in [2.24, 2.45) is 10.9 Å². The molecule has 2 heterocycles. The number of thioether (sulfide) groups is 1. The van der Waals surface area contributed by atoms with Gasteiger partial charge in [-0.2, -0.15) is 0 Å². The Morgan fingerprint density at radius 3 is 3.00 bits per heavy atom. The van der Waals surface area contributed by atoms with Crippen LogP contribution in [0, 0.1) is 5.92 Å². The average molecular weight is 297 g/mol. The van der Waals surface area contributed by atoms with Crippen LogP contribution in [-0.4, -0.2) is 61.3 Å². The summed E-state index contributed by atoms with van der Waals surface area (Å²) in [5.74, 6) is 2.17. The van der Waals surface area contributed by atoms with Crippen molar-refractivity contribution in [3.63, 3.8) is 0 Å². The molecule has 4 nitrogen and oxygen atoms in total. The van der Waals surface area contributed by atoms with Crippen LogP contribution in [0.3, 0.4) is 0 Å². The number of hydrogen-bond donors (Lipinski definition) is 1. The van der Waals surface area contributed by atoms with E-state index in [4.69, 9.17) is 9.73 Å². The largest absolute Gasteiger partial charge is 0.379 e. The Labute approximate surface area is 126 Å². The summed E-state index contributed by atoms with van der Waals surface area (Å²) >= 11 is 1.94. The second kappa shape index (κ2) is 7.66. The van der Waals surface area contributed by atoms with Crippen LogP contribution in [0.5, 0.6) is 0 Å². The number of morpholine rings is 1. The fourth-order valence-corrected chi connectivity index (χ4v) is 4.56. The average Bonchev–Trinajstić information content (AvgIpc) is 2.52. The number of aliphatic imine (C=N–C) groups is 1. The van der Waals surface area contributed by atoms with Crippen molar-refractivity contribution < 1.29 is 4.74 Å². The SMILES string of the molecule is C1CCC2NC(=NCCCN3CCOCC3)SCC2C1. The van der Waals surface area contributed by atoms with E-state index in [1.54, 1.807) is 0 Å². The molecule has 3 fully saturated rings. The lowest BCUT2D eigenvalue weighted by atomic mass is 9.86. The Balaban J connectivity index is 1.36. The van der Waals surface area contributed by atoms with Gasteiger partial charge in [0.2, 0.25) is 0 Å². The highest BCUT2D eigenvalue weighted by molar-refractivity contribution is 8.13. The zero-order valence-electron chi connectivity index (χ0n) is 12.4. The molecule has 5 heteroatoms. The summed E-state index contributed by atoms with van der Waals surface area (Å²) in [6.45, 7) is 6.10. The molecule has 0 spiro atoms. The van der Waals surface area contributed by atoms with Gasteiger partial charge in [0.05, 0.1) is 13.2 Å². The van der Waals surface area contributed by atoms with E-state index in [0.29, 0.717) is 6.04 Å². The third-order valence-electron chi connectivity index (χ3n) is 4.64. The molecule has 0 radical (unpaired) electrons. The number of fused-ring (bicyclic) bond motifs is 1. The third kappa shape index (κ3) is 4.12. The molecule has 1 saturated carbocycles. The van der Waals surface area contributed by atoms with Crippen LogP contribution in [0.2, 0.25) is 0 Å². The molecule has 2 aliphatic heterocycles. The quantitative estimate of drug-likeness (QED) is 0.805. The number of rotatable bonds is 4. The van der Waals surface area contributed by atoms with Crippen LogP contribution in [-0.2, 0) is 4.74 Å². The van der Waals surface area contributed by atoms with Crippen LogP contribution < -0.4 is 5.32 Å². The lowest BCUT2D eigenvalue weighted by Crippen LogP contribution is -2.46. The van der Waals surface area contributed by atoms with E-state index < -0.39 is 0 Å². The van der Waals surface area contributed by atoms with Crippen molar-refractivity contribution in [3.05, 3.63) is 0 Å². The monoisotopic (exact) mass is 297 g/mol. The number of nitrogens with zero attached hydrogens (tertiary/aromatic N) is 2. The maximum Gasteiger partial charge on any atom is 0.156 e. The number of amidine groups is 1. The normalized spacial score (nSPS) is 33.7. The second-order valence-electron chi connectivity index (χ2n) is 6.10. The lowest BCUT2D eigenvalue weighted by molar-refractivity contribution is 0.0377. The zero-order chi connectivity index (χ0) is 13.6. The van der Waals surface area contributed by atoms with Crippen LogP contribution in [0.15, 0.2) is 4.99 Å². The molecule has 3 aliphatic rings. The van der Waals surface area contributed by atoms with Crippen molar-refractivity contribution in [2.45, 2.75) is 38.1 Å². The maximum absolute atomic E-state index is 5.37. The van der Waals surface area contributed by atoms with E-state index in [0.717, 1.165) is 45.3 Å². The molecule has 0 aromatic carbocycles. The van der Waals surface area contributed by atoms with Crippen molar-refractivity contribution in [1.82, 2.24) is 10.2 Å². The van der Waals surface area contributed by atoms with E-state index in [2.05, 4.69) is 10.2 Å². The number of ether oxygens (including phenoxy) is 1. The first-order chi connectivity index (χ1) is 9.92. The maximum atomic E-state index is 5.37. The molecule has 1 N–H and O–H groups in total. The van der Waals surface area contributed by atoms with E-state index in [1.165, 1.54) is 43.0 Å². The molecule has 3 rings (SSSR count). The Kier molecular flexibility index (Phi) is 5.62. The zero-order valence-corrected chi connectivity index (χ0v) is 13.2. The predicted molar refractivity (Wildman–Crippen MR) is 85.5 cm³/mol. The molecular weight excluding hydrogens is 270 g/mol. The fraction of sp³-hybridized carbons (Fsp3) is 0.933. The van der Waals surface area contributed by atoms with Gasteiger partial charge >= 0.3 is 0 Å². The van der Waals surface area contributed by atoms with Crippen LogP contribution in [0.4, 0.5) is 0 Å². The van der Waals surface area contributed by atoms with Crippen molar-refractivity contribution in [2.75, 3.05) is 45.1 Å². The molecule has 2 saturated heterocycles. The predicted octanol–water partition coefficient (Wildman–Crippen LogP) is 1.96. The van der Waals surface area contributed by atoms with Crippen molar-refractivity contribution >= 4 is 16.9 Å². The van der Waals surface area contributed by atoms with Gasteiger partial charge in [-0.05, 0) is 25.2 Å². The van der Waals surface area contributed by atoms with Gasteiger partial charge in [-0.1, -0.05) is 24.6 Å². The third-order valence-corrected chi connectivity index (χ3v) is 5.76. The Morgan fingerprint density at radius 1 is 1.25 bits per heavy atom. The molecule has 114 valence electrons. The van der Waals surface area contributed by atoms with Crippen LogP contribution >= 0.6 is 11.8 Å². The molecule has 0 aromatic rings. The van der Waals surface area contributed by atoms with Crippen LogP contribution in [0.25, 0.3) is 0 Å². The summed E-state index contributed by atoms with van der Waals surface area (Å²) in [6, 6.07) is 0.711. The van der Waals surface area contributed by atoms with E-state index >= 15 is 0 Å². The number of hydrogen-bond acceptors (Lipinski definition) is 4. The van der Waals surface area contributed by atoms with Gasteiger partial charge in [0.1, 0.15) is 0 Å². The first-order valence-electron chi connectivity index (χ1n) is 8.16. The van der Waals surface area contributed by atoms with E-state index in [1.807, 2.05) is 11.8 Å². The van der Waals surface area contributed by atoms with Gasteiger partial charge in [-0.3, -0.25) is 9.89 Å². The fourth-order valence-electron chi connectivity index (χ4n) is 3.37. The Morgan fingerprint density at radius 2 is 2.10 bits per heavy atom. The Hall–Kier alpha value is -0.260. The van der Waals surface area contributed by atoms with E-state index in [9.17, 15) is 0 Å². The summed E-state index contributed by atoms with van der Waals surface area (Å²) in [7, 11) is 0. The molecule has 1 aliphatic carbocycles. The summed E-state index contributed by atoms with van der Waals surface area (Å²) < 4.78 is 5.37. The molecule has 2 unspecified atom stereocenters. The van der Waals surface area contributed by atoms with Gasteiger partial charge in [-0.25, -0.2) is 0 Å². The van der Waals surface area contributed by atoms with Gasteiger partial charge in [0.25, 0.3) is 0 Å². The Bertz CT molecular complexity index is 331. The summed E-state index contributed by atoms with van der Waals surface area (Å²) in [6.07, 6.45) is 6.74. The first-order valence-corrected chi connectivity index (χ1v) is 9.14. The van der Waals surface area contributed by atoms with Crippen molar-refractivity contribution in [1.29, 1.82) is 0 Å². The lowest BCUT2D eigenvalue weighted by Gasteiger charge is -2.36. The molecule has 20 heavy (non-hydrogen) atoms. The van der Waals surface area contributed by atoms with Crippen LogP contribution in [0.1, 0.15) is 32.1 Å². The van der Waals surface area contributed by atoms with Crippen molar-refractivity contribution in [3.8, 4) is 0 Å². The van der Waals surface area contributed by atoms with Gasteiger partial charge in [0, 0.05) is 38.0 Å². The highest BCUT2D eigenvalue weighted by Crippen LogP contribution is 2.31. The minimum absolute atomic E-state index is 0.711. The summed E-state index contributed by atoms with van der Waals surface area (Å²) in [4.78, 5) is 7.26. The molecule has 0 bridgehead atoms. The highest BCUT2D eigenvalue weighted by atomic mass is 32.2. The highest BCUT2D eigenvalue weighted by Gasteiger charge is 2.29.